The Balaban J connectivity index is 1.75. The third kappa shape index (κ3) is 2.26. The van der Waals surface area contributed by atoms with Crippen LogP contribution < -0.4 is 5.32 Å². The molecule has 2 aliphatic carbocycles. The number of nitrogens with one attached hydrogen (secondary N) is 1. The quantitative estimate of drug-likeness (QED) is 0.729. The zero-order valence-corrected chi connectivity index (χ0v) is 8.64. The maximum absolute atomic E-state index is 13.2. The lowest BCUT2D eigenvalue weighted by atomic mass is 10.0. The van der Waals surface area contributed by atoms with Crippen molar-refractivity contribution in [2.45, 2.75) is 62.8 Å². The van der Waals surface area contributed by atoms with Gasteiger partial charge in [-0.3, -0.25) is 0 Å². The summed E-state index contributed by atoms with van der Waals surface area (Å²) in [6, 6.07) is -0.000347. The van der Waals surface area contributed by atoms with Crippen LogP contribution >= 0.6 is 0 Å². The number of rotatable bonds is 3. The number of halogens is 1. The fourth-order valence-electron chi connectivity index (χ4n) is 2.68. The van der Waals surface area contributed by atoms with Crippen LogP contribution in [0.5, 0.6) is 0 Å². The Kier molecular flexibility index (Phi) is 3.07. The molecule has 2 nitrogen and oxygen atoms in total. The Morgan fingerprint density at radius 1 is 1.21 bits per heavy atom. The number of hydrogen-bond acceptors (Lipinski definition) is 2. The summed E-state index contributed by atoms with van der Waals surface area (Å²) in [7, 11) is 0. The van der Waals surface area contributed by atoms with Crippen LogP contribution in [0.25, 0.3) is 0 Å². The molecule has 0 aromatic carbocycles. The average molecular weight is 201 g/mol. The molecule has 0 spiro atoms. The highest BCUT2D eigenvalue weighted by Gasteiger charge is 2.33. The first kappa shape index (κ1) is 10.4. The third-order valence-corrected chi connectivity index (χ3v) is 3.66. The van der Waals surface area contributed by atoms with Crippen molar-refractivity contribution in [3.8, 4) is 0 Å². The van der Waals surface area contributed by atoms with E-state index in [1.54, 1.807) is 0 Å². The van der Waals surface area contributed by atoms with Crippen molar-refractivity contribution < 1.29 is 9.50 Å². The van der Waals surface area contributed by atoms with E-state index in [-0.39, 0.29) is 6.04 Å². The second-order valence-electron chi connectivity index (χ2n) is 4.87. The first-order valence-corrected chi connectivity index (χ1v) is 5.79. The Hall–Kier alpha value is -0.150. The largest absolute Gasteiger partial charge is 0.389 e. The number of aliphatic hydroxyl groups is 1. The SMILES string of the molecule is OC1(CN[C@@H]2CCC[C@H]2F)CCCC1. The molecule has 3 heteroatoms. The molecule has 14 heavy (non-hydrogen) atoms. The third-order valence-electron chi connectivity index (χ3n) is 3.66. The molecule has 2 aliphatic rings. The van der Waals surface area contributed by atoms with Crippen molar-refractivity contribution in [1.29, 1.82) is 0 Å². The van der Waals surface area contributed by atoms with E-state index in [1.807, 2.05) is 0 Å². The molecule has 2 fully saturated rings. The number of alkyl halides is 1. The maximum atomic E-state index is 13.2. The molecule has 0 saturated heterocycles. The highest BCUT2D eigenvalue weighted by molar-refractivity contribution is 4.90. The van der Waals surface area contributed by atoms with Gasteiger partial charge in [0, 0.05) is 12.6 Å². The van der Waals surface area contributed by atoms with E-state index in [2.05, 4.69) is 5.32 Å². The van der Waals surface area contributed by atoms with Gasteiger partial charge in [0.05, 0.1) is 5.60 Å². The summed E-state index contributed by atoms with van der Waals surface area (Å²) in [5, 5.41) is 13.2. The van der Waals surface area contributed by atoms with E-state index in [0.717, 1.165) is 38.5 Å². The molecular weight excluding hydrogens is 181 g/mol. The van der Waals surface area contributed by atoms with Gasteiger partial charge >= 0.3 is 0 Å². The van der Waals surface area contributed by atoms with Crippen LogP contribution in [0.2, 0.25) is 0 Å². The summed E-state index contributed by atoms with van der Waals surface area (Å²) >= 11 is 0. The predicted molar refractivity (Wildman–Crippen MR) is 54.0 cm³/mol. The van der Waals surface area contributed by atoms with E-state index in [1.165, 1.54) is 0 Å². The van der Waals surface area contributed by atoms with Crippen molar-refractivity contribution >= 4 is 0 Å². The average Bonchev–Trinajstić information content (AvgIpc) is 2.73. The zero-order chi connectivity index (χ0) is 10.0. The molecule has 0 unspecified atom stereocenters. The molecule has 0 aliphatic heterocycles. The number of hydrogen-bond donors (Lipinski definition) is 2. The second-order valence-corrected chi connectivity index (χ2v) is 4.87. The van der Waals surface area contributed by atoms with E-state index in [9.17, 15) is 9.50 Å². The molecule has 0 heterocycles. The van der Waals surface area contributed by atoms with Crippen molar-refractivity contribution in [2.75, 3.05) is 6.54 Å². The van der Waals surface area contributed by atoms with Crippen LogP contribution in [0.3, 0.4) is 0 Å². The molecular formula is C11H20FNO. The lowest BCUT2D eigenvalue weighted by Gasteiger charge is -2.25. The van der Waals surface area contributed by atoms with Gasteiger partial charge in [-0.15, -0.1) is 0 Å². The first-order valence-electron chi connectivity index (χ1n) is 5.79. The maximum Gasteiger partial charge on any atom is 0.115 e. The summed E-state index contributed by atoms with van der Waals surface area (Å²) in [5.41, 5.74) is -0.539. The highest BCUT2D eigenvalue weighted by atomic mass is 19.1. The summed E-state index contributed by atoms with van der Waals surface area (Å²) in [5.74, 6) is 0. The van der Waals surface area contributed by atoms with Crippen molar-refractivity contribution in [3.05, 3.63) is 0 Å². The Labute approximate surface area is 84.9 Å². The topological polar surface area (TPSA) is 32.3 Å². The fourth-order valence-corrected chi connectivity index (χ4v) is 2.68. The van der Waals surface area contributed by atoms with Crippen LogP contribution in [-0.2, 0) is 0 Å². The Bertz CT molecular complexity index is 192. The Morgan fingerprint density at radius 3 is 2.50 bits per heavy atom. The Morgan fingerprint density at radius 2 is 1.93 bits per heavy atom. The van der Waals surface area contributed by atoms with Gasteiger partial charge in [0.2, 0.25) is 0 Å². The van der Waals surface area contributed by atoms with Crippen LogP contribution in [0.15, 0.2) is 0 Å². The minimum atomic E-state index is -0.694. The van der Waals surface area contributed by atoms with Crippen molar-refractivity contribution in [3.63, 3.8) is 0 Å². The van der Waals surface area contributed by atoms with E-state index in [4.69, 9.17) is 0 Å². The van der Waals surface area contributed by atoms with Crippen molar-refractivity contribution in [1.82, 2.24) is 5.32 Å². The molecule has 2 N–H and O–H groups in total. The standard InChI is InChI=1S/C11H20FNO/c12-9-4-3-5-10(9)13-8-11(14)6-1-2-7-11/h9-10,13-14H,1-8H2/t9-,10-/m1/s1. The summed E-state index contributed by atoms with van der Waals surface area (Å²) < 4.78 is 13.2. The molecule has 0 radical (unpaired) electrons. The second kappa shape index (κ2) is 4.15. The normalized spacial score (nSPS) is 36.4. The monoisotopic (exact) mass is 201 g/mol. The van der Waals surface area contributed by atoms with Crippen LogP contribution in [-0.4, -0.2) is 29.5 Å². The van der Waals surface area contributed by atoms with Crippen molar-refractivity contribution in [2.24, 2.45) is 0 Å². The minimum absolute atomic E-state index is 0.000347. The summed E-state index contributed by atoms with van der Waals surface area (Å²) in [4.78, 5) is 0. The summed E-state index contributed by atoms with van der Waals surface area (Å²) in [6.07, 6.45) is 5.89. The molecule has 82 valence electrons. The molecule has 0 aromatic heterocycles. The lowest BCUT2D eigenvalue weighted by molar-refractivity contribution is 0.0425. The van der Waals surface area contributed by atoms with E-state index < -0.39 is 11.8 Å². The van der Waals surface area contributed by atoms with Crippen LogP contribution in [0.4, 0.5) is 4.39 Å². The first-order chi connectivity index (χ1) is 6.70. The summed E-state index contributed by atoms with van der Waals surface area (Å²) in [6.45, 7) is 0.581. The van der Waals surface area contributed by atoms with Gasteiger partial charge in [0.15, 0.2) is 0 Å². The predicted octanol–water partition coefficient (Wildman–Crippen LogP) is 1.77. The molecule has 2 rings (SSSR count). The van der Waals surface area contributed by atoms with E-state index >= 15 is 0 Å². The van der Waals surface area contributed by atoms with Gasteiger partial charge in [0.25, 0.3) is 0 Å². The molecule has 0 aromatic rings. The fraction of sp³-hybridized carbons (Fsp3) is 1.00. The van der Waals surface area contributed by atoms with Crippen LogP contribution in [0.1, 0.15) is 44.9 Å². The van der Waals surface area contributed by atoms with Gasteiger partial charge in [-0.1, -0.05) is 12.8 Å². The van der Waals surface area contributed by atoms with Gasteiger partial charge < -0.3 is 10.4 Å². The smallest absolute Gasteiger partial charge is 0.115 e. The van der Waals surface area contributed by atoms with Crippen LogP contribution in [0, 0.1) is 0 Å². The minimum Gasteiger partial charge on any atom is -0.389 e. The lowest BCUT2D eigenvalue weighted by Crippen LogP contribution is -2.44. The molecule has 2 saturated carbocycles. The molecule has 0 amide bonds. The highest BCUT2D eigenvalue weighted by Crippen LogP contribution is 2.29. The van der Waals surface area contributed by atoms with E-state index in [0.29, 0.717) is 13.0 Å². The zero-order valence-electron chi connectivity index (χ0n) is 8.64. The van der Waals surface area contributed by atoms with Gasteiger partial charge in [-0.2, -0.15) is 0 Å². The molecule has 0 bridgehead atoms. The molecule has 2 atom stereocenters. The van der Waals surface area contributed by atoms with Gasteiger partial charge in [-0.05, 0) is 32.1 Å². The van der Waals surface area contributed by atoms with Gasteiger partial charge in [0.1, 0.15) is 6.17 Å². The van der Waals surface area contributed by atoms with Gasteiger partial charge in [-0.25, -0.2) is 4.39 Å².